The number of nitrogens with one attached hydrogen (secondary N) is 1. The van der Waals surface area contributed by atoms with E-state index in [-0.39, 0.29) is 48.7 Å². The number of anilines is 1. The Bertz CT molecular complexity index is 1320. The fourth-order valence-corrected chi connectivity index (χ4v) is 6.36. The largest absolute Gasteiger partial charge is 0.488 e. The van der Waals surface area contributed by atoms with Crippen molar-refractivity contribution in [2.45, 2.75) is 43.7 Å². The molecule has 2 amide bonds. The molecule has 0 spiro atoms. The Morgan fingerprint density at radius 2 is 1.88 bits per heavy atom. The van der Waals surface area contributed by atoms with Crippen LogP contribution >= 0.6 is 0 Å². The first-order valence-corrected chi connectivity index (χ1v) is 15.8. The highest BCUT2D eigenvalue weighted by Gasteiger charge is 2.33. The molecule has 0 aliphatic carbocycles. The van der Waals surface area contributed by atoms with Gasteiger partial charge in [-0.1, -0.05) is 25.1 Å². The number of benzene rings is 2. The third-order valence-electron chi connectivity index (χ3n) is 7.85. The molecular weight excluding hydrogens is 560 g/mol. The van der Waals surface area contributed by atoms with Crippen molar-refractivity contribution >= 4 is 27.5 Å². The van der Waals surface area contributed by atoms with E-state index in [4.69, 9.17) is 9.47 Å². The SMILES string of the molecule is C[C@H]1CN([C@@H](C)CO)C(=O)Cc2cc(NC(=O)CCN3CCOCC3)ccc2O[C@H]1CN(C)S(=O)(=O)c1ccccc1. The topological polar surface area (TPSA) is 129 Å². The van der Waals surface area contributed by atoms with E-state index in [9.17, 15) is 23.1 Å². The standard InChI is InChI=1S/C30H42N4O7S/c1-22-19-34(23(2)21-35)30(37)18-24-17-25(31-29(36)11-12-33-13-15-40-16-14-33)9-10-27(24)41-28(22)20-32(3)42(38,39)26-7-5-4-6-8-26/h4-10,17,22-23,28,35H,11-16,18-21H2,1-3H3,(H,31,36)/t22-,23-,28-/m0/s1. The molecule has 2 aromatic carbocycles. The summed E-state index contributed by atoms with van der Waals surface area (Å²) < 4.78 is 39.6. The van der Waals surface area contributed by atoms with Gasteiger partial charge in [-0.2, -0.15) is 4.31 Å². The molecule has 2 aromatic rings. The Hall–Kier alpha value is -3.03. The minimum absolute atomic E-state index is 0.00869. The van der Waals surface area contributed by atoms with Gasteiger partial charge in [0.15, 0.2) is 0 Å². The molecule has 0 radical (unpaired) electrons. The lowest BCUT2D eigenvalue weighted by atomic mass is 10.0. The number of hydrogen-bond donors (Lipinski definition) is 2. The van der Waals surface area contributed by atoms with Crippen LogP contribution in [0.4, 0.5) is 5.69 Å². The van der Waals surface area contributed by atoms with Crippen molar-refractivity contribution < 1.29 is 32.6 Å². The van der Waals surface area contributed by atoms with Gasteiger partial charge in [-0.15, -0.1) is 0 Å². The van der Waals surface area contributed by atoms with E-state index in [2.05, 4.69) is 10.2 Å². The number of morpholine rings is 1. The van der Waals surface area contributed by atoms with Crippen molar-refractivity contribution in [1.82, 2.24) is 14.1 Å². The Morgan fingerprint density at radius 3 is 2.57 bits per heavy atom. The van der Waals surface area contributed by atoms with Gasteiger partial charge in [0.25, 0.3) is 0 Å². The van der Waals surface area contributed by atoms with Crippen LogP contribution in [0.3, 0.4) is 0 Å². The first kappa shape index (κ1) is 31.9. The first-order chi connectivity index (χ1) is 20.1. The quantitative estimate of drug-likeness (QED) is 0.422. The summed E-state index contributed by atoms with van der Waals surface area (Å²) in [5.74, 6) is -0.126. The van der Waals surface area contributed by atoms with Crippen LogP contribution in [0.5, 0.6) is 5.75 Å². The Labute approximate surface area is 248 Å². The zero-order chi connectivity index (χ0) is 30.3. The zero-order valence-electron chi connectivity index (χ0n) is 24.6. The molecule has 230 valence electrons. The minimum atomic E-state index is -3.77. The maximum Gasteiger partial charge on any atom is 0.242 e. The minimum Gasteiger partial charge on any atom is -0.488 e. The van der Waals surface area contributed by atoms with Crippen LogP contribution in [0.1, 0.15) is 25.8 Å². The number of aliphatic hydroxyl groups excluding tert-OH is 1. The highest BCUT2D eigenvalue weighted by atomic mass is 32.2. The van der Waals surface area contributed by atoms with Crippen LogP contribution in [0.25, 0.3) is 0 Å². The molecule has 0 aromatic heterocycles. The molecule has 1 saturated heterocycles. The number of fused-ring (bicyclic) bond motifs is 1. The third-order valence-corrected chi connectivity index (χ3v) is 9.69. The molecule has 12 heteroatoms. The number of rotatable bonds is 10. The predicted octanol–water partition coefficient (Wildman–Crippen LogP) is 1.82. The van der Waals surface area contributed by atoms with Crippen molar-refractivity contribution in [2.75, 3.05) is 64.9 Å². The molecule has 42 heavy (non-hydrogen) atoms. The molecule has 2 aliphatic rings. The van der Waals surface area contributed by atoms with Gasteiger partial charge in [0.2, 0.25) is 21.8 Å². The molecular formula is C30H42N4O7S. The van der Waals surface area contributed by atoms with Crippen LogP contribution in [0.2, 0.25) is 0 Å². The summed E-state index contributed by atoms with van der Waals surface area (Å²) in [5, 5.41) is 12.8. The van der Waals surface area contributed by atoms with Gasteiger partial charge in [0, 0.05) is 56.8 Å². The lowest BCUT2D eigenvalue weighted by molar-refractivity contribution is -0.134. The number of aliphatic hydroxyl groups is 1. The summed E-state index contributed by atoms with van der Waals surface area (Å²) in [6, 6.07) is 13.0. The van der Waals surface area contributed by atoms with Crippen molar-refractivity contribution in [3.63, 3.8) is 0 Å². The Morgan fingerprint density at radius 1 is 1.17 bits per heavy atom. The van der Waals surface area contributed by atoms with Gasteiger partial charge in [0.05, 0.1) is 43.7 Å². The highest BCUT2D eigenvalue weighted by Crippen LogP contribution is 2.30. The second-order valence-electron chi connectivity index (χ2n) is 11.1. The number of sulfonamides is 1. The second kappa shape index (κ2) is 14.4. The number of carbonyl (C=O) groups excluding carboxylic acids is 2. The summed E-state index contributed by atoms with van der Waals surface area (Å²) >= 11 is 0. The second-order valence-corrected chi connectivity index (χ2v) is 13.1. The molecule has 11 nitrogen and oxygen atoms in total. The van der Waals surface area contributed by atoms with Crippen molar-refractivity contribution in [2.24, 2.45) is 5.92 Å². The summed E-state index contributed by atoms with van der Waals surface area (Å²) in [5.41, 5.74) is 1.13. The zero-order valence-corrected chi connectivity index (χ0v) is 25.4. The van der Waals surface area contributed by atoms with Gasteiger partial charge in [-0.3, -0.25) is 14.5 Å². The molecule has 4 rings (SSSR count). The van der Waals surface area contributed by atoms with E-state index in [0.717, 1.165) is 13.1 Å². The molecule has 0 unspecified atom stereocenters. The van der Waals surface area contributed by atoms with E-state index in [1.165, 1.54) is 11.4 Å². The third kappa shape index (κ3) is 8.07. The molecule has 2 aliphatic heterocycles. The van der Waals surface area contributed by atoms with E-state index >= 15 is 0 Å². The molecule has 0 saturated carbocycles. The van der Waals surface area contributed by atoms with E-state index in [1.54, 1.807) is 60.4 Å². The van der Waals surface area contributed by atoms with Crippen LogP contribution in [-0.2, 0) is 30.8 Å². The first-order valence-electron chi connectivity index (χ1n) is 14.4. The van der Waals surface area contributed by atoms with Crippen LogP contribution < -0.4 is 10.1 Å². The Balaban J connectivity index is 1.56. The average Bonchev–Trinajstić information content (AvgIpc) is 3.04. The fraction of sp³-hybridized carbons (Fsp3) is 0.533. The predicted molar refractivity (Wildman–Crippen MR) is 159 cm³/mol. The summed E-state index contributed by atoms with van der Waals surface area (Å²) in [6.45, 7) is 7.37. The monoisotopic (exact) mass is 602 g/mol. The van der Waals surface area contributed by atoms with E-state index in [1.807, 2.05) is 6.92 Å². The van der Waals surface area contributed by atoms with Crippen molar-refractivity contribution in [3.05, 3.63) is 54.1 Å². The number of carbonyl (C=O) groups is 2. The van der Waals surface area contributed by atoms with Gasteiger partial charge in [-0.05, 0) is 37.3 Å². The normalized spacial score (nSPS) is 21.1. The lowest BCUT2D eigenvalue weighted by Crippen LogP contribution is -2.48. The maximum absolute atomic E-state index is 13.5. The number of ether oxygens (including phenoxy) is 2. The summed E-state index contributed by atoms with van der Waals surface area (Å²) in [4.78, 5) is 30.2. The lowest BCUT2D eigenvalue weighted by Gasteiger charge is -2.33. The van der Waals surface area contributed by atoms with Crippen LogP contribution in [-0.4, -0.2) is 111 Å². The highest BCUT2D eigenvalue weighted by molar-refractivity contribution is 7.89. The molecule has 3 atom stereocenters. The number of likely N-dealkylation sites (N-methyl/N-ethyl adjacent to an activating group) is 1. The molecule has 2 N–H and O–H groups in total. The van der Waals surface area contributed by atoms with Crippen LogP contribution in [0, 0.1) is 5.92 Å². The van der Waals surface area contributed by atoms with Gasteiger partial charge < -0.3 is 24.8 Å². The van der Waals surface area contributed by atoms with Crippen molar-refractivity contribution in [1.29, 1.82) is 0 Å². The van der Waals surface area contributed by atoms with Crippen LogP contribution in [0.15, 0.2) is 53.4 Å². The molecule has 2 heterocycles. The Kier molecular flexibility index (Phi) is 11.0. The van der Waals surface area contributed by atoms with Gasteiger partial charge in [0.1, 0.15) is 11.9 Å². The van der Waals surface area contributed by atoms with Crippen molar-refractivity contribution in [3.8, 4) is 5.75 Å². The number of amides is 2. The molecule has 0 bridgehead atoms. The number of hydrogen-bond acceptors (Lipinski definition) is 8. The number of nitrogens with zero attached hydrogens (tertiary/aromatic N) is 3. The maximum atomic E-state index is 13.5. The summed E-state index contributed by atoms with van der Waals surface area (Å²) in [7, 11) is -2.26. The van der Waals surface area contributed by atoms with E-state index in [0.29, 0.717) is 43.2 Å². The molecule has 1 fully saturated rings. The van der Waals surface area contributed by atoms with Gasteiger partial charge >= 0.3 is 0 Å². The average molecular weight is 603 g/mol. The van der Waals surface area contributed by atoms with Gasteiger partial charge in [-0.25, -0.2) is 8.42 Å². The summed E-state index contributed by atoms with van der Waals surface area (Å²) in [6.07, 6.45) is -0.259. The van der Waals surface area contributed by atoms with E-state index < -0.39 is 22.2 Å². The fourth-order valence-electron chi connectivity index (χ4n) is 5.16. The smallest absolute Gasteiger partial charge is 0.242 e.